The first-order valence-corrected chi connectivity index (χ1v) is 6.15. The van der Waals surface area contributed by atoms with E-state index in [-0.39, 0.29) is 5.92 Å². The van der Waals surface area contributed by atoms with Gasteiger partial charge in [0.05, 0.1) is 31.4 Å². The molecule has 5 heteroatoms. The van der Waals surface area contributed by atoms with Crippen molar-refractivity contribution in [3.63, 3.8) is 0 Å². The lowest BCUT2D eigenvalue weighted by Crippen LogP contribution is -2.30. The highest BCUT2D eigenvalue weighted by Gasteiger charge is 2.24. The van der Waals surface area contributed by atoms with Crippen LogP contribution in [0, 0.1) is 5.92 Å². The fourth-order valence-corrected chi connectivity index (χ4v) is 2.12. The summed E-state index contributed by atoms with van der Waals surface area (Å²) >= 11 is 6.24. The summed E-state index contributed by atoms with van der Waals surface area (Å²) in [7, 11) is 3.05. The molecule has 0 aromatic heterocycles. The Kier molecular flexibility index (Phi) is 5.26. The quantitative estimate of drug-likeness (QED) is 0.864. The van der Waals surface area contributed by atoms with Crippen molar-refractivity contribution in [1.82, 2.24) is 0 Å². The summed E-state index contributed by atoms with van der Waals surface area (Å²) in [6, 6.07) is 2.92. The summed E-state index contributed by atoms with van der Waals surface area (Å²) < 4.78 is 10.4. The van der Waals surface area contributed by atoms with E-state index in [0.29, 0.717) is 22.1 Å². The molecule has 0 fully saturated rings. The van der Waals surface area contributed by atoms with Gasteiger partial charge in [0.2, 0.25) is 0 Å². The summed E-state index contributed by atoms with van der Waals surface area (Å²) in [5.74, 6) is 1.02. The highest BCUT2D eigenvalue weighted by molar-refractivity contribution is 6.33. The fraction of sp³-hybridized carbons (Fsp3) is 0.538. The van der Waals surface area contributed by atoms with Crippen molar-refractivity contribution >= 4 is 11.6 Å². The second kappa shape index (κ2) is 6.27. The van der Waals surface area contributed by atoms with E-state index in [4.69, 9.17) is 26.8 Å². The lowest BCUT2D eigenvalue weighted by Gasteiger charge is -2.24. The number of hydrogen-bond acceptors (Lipinski definition) is 4. The van der Waals surface area contributed by atoms with Gasteiger partial charge in [-0.3, -0.25) is 0 Å². The predicted molar refractivity (Wildman–Crippen MR) is 72.3 cm³/mol. The van der Waals surface area contributed by atoms with Crippen molar-refractivity contribution in [3.8, 4) is 11.5 Å². The largest absolute Gasteiger partial charge is 0.493 e. The topological polar surface area (TPSA) is 64.7 Å². The van der Waals surface area contributed by atoms with E-state index in [1.807, 2.05) is 13.8 Å². The molecule has 0 saturated carbocycles. The Balaban J connectivity index is 3.18. The molecule has 0 radical (unpaired) electrons. The van der Waals surface area contributed by atoms with Crippen LogP contribution in [0.4, 0.5) is 0 Å². The summed E-state index contributed by atoms with van der Waals surface area (Å²) in [5.41, 5.74) is 6.67. The molecule has 1 aromatic rings. The number of rotatable bonds is 5. The van der Waals surface area contributed by atoms with Gasteiger partial charge in [0, 0.05) is 0 Å². The number of hydrogen-bond donors (Lipinski definition) is 2. The van der Waals surface area contributed by atoms with E-state index in [9.17, 15) is 5.11 Å². The molecule has 102 valence electrons. The van der Waals surface area contributed by atoms with Crippen LogP contribution >= 0.6 is 11.6 Å². The first kappa shape index (κ1) is 15.1. The molecule has 0 saturated heterocycles. The van der Waals surface area contributed by atoms with E-state index in [0.717, 1.165) is 0 Å². The first-order chi connectivity index (χ1) is 8.43. The Labute approximate surface area is 113 Å². The third-order valence-corrected chi connectivity index (χ3v) is 3.31. The zero-order valence-electron chi connectivity index (χ0n) is 11.1. The molecule has 3 N–H and O–H groups in total. The number of benzene rings is 1. The third-order valence-electron chi connectivity index (χ3n) is 2.92. The van der Waals surface area contributed by atoms with Gasteiger partial charge in [0.1, 0.15) is 0 Å². The smallest absolute Gasteiger partial charge is 0.179 e. The van der Waals surface area contributed by atoms with Crippen LogP contribution < -0.4 is 15.2 Å². The summed E-state index contributed by atoms with van der Waals surface area (Å²) in [6.45, 7) is 3.80. The van der Waals surface area contributed by atoms with Crippen molar-refractivity contribution in [1.29, 1.82) is 0 Å². The van der Waals surface area contributed by atoms with Crippen LogP contribution in [0.3, 0.4) is 0 Å². The number of halogens is 1. The van der Waals surface area contributed by atoms with Gasteiger partial charge in [-0.2, -0.15) is 0 Å². The molecule has 2 atom stereocenters. The Bertz CT molecular complexity index is 409. The molecular weight excluding hydrogens is 254 g/mol. The van der Waals surface area contributed by atoms with Gasteiger partial charge in [0.15, 0.2) is 11.5 Å². The zero-order valence-corrected chi connectivity index (χ0v) is 11.9. The van der Waals surface area contributed by atoms with Crippen molar-refractivity contribution in [2.24, 2.45) is 11.7 Å². The average molecular weight is 274 g/mol. The number of methoxy groups -OCH3 is 2. The molecule has 0 spiro atoms. The second-order valence-electron chi connectivity index (χ2n) is 4.46. The molecular formula is C13H20ClNO3. The molecule has 0 aliphatic heterocycles. The highest BCUT2D eigenvalue weighted by Crippen LogP contribution is 2.40. The van der Waals surface area contributed by atoms with Gasteiger partial charge in [-0.15, -0.1) is 0 Å². The summed E-state index contributed by atoms with van der Waals surface area (Å²) in [6.07, 6.45) is -0.666. The average Bonchev–Trinajstić information content (AvgIpc) is 2.36. The number of ether oxygens (including phenoxy) is 2. The molecule has 1 rings (SSSR count). The minimum Gasteiger partial charge on any atom is -0.493 e. The standard InChI is InChI=1S/C13H20ClNO3/c1-7(2)12(16)11(15)8-5-6-9(17-3)13(18-4)10(8)14/h5-7,11-12,16H,15H2,1-4H3/t11-,12+/m1/s1. The Morgan fingerprint density at radius 1 is 1.22 bits per heavy atom. The number of aliphatic hydroxyl groups is 1. The predicted octanol–water partition coefficient (Wildman–Crippen LogP) is 2.37. The van der Waals surface area contributed by atoms with Crippen molar-refractivity contribution < 1.29 is 14.6 Å². The molecule has 0 unspecified atom stereocenters. The van der Waals surface area contributed by atoms with Crippen molar-refractivity contribution in [2.45, 2.75) is 26.0 Å². The normalized spacial score (nSPS) is 14.4. The zero-order chi connectivity index (χ0) is 13.9. The number of aliphatic hydroxyl groups excluding tert-OH is 1. The Hall–Kier alpha value is -0.970. The van der Waals surface area contributed by atoms with E-state index < -0.39 is 12.1 Å². The van der Waals surface area contributed by atoms with Crippen LogP contribution in [-0.2, 0) is 0 Å². The van der Waals surface area contributed by atoms with Gasteiger partial charge in [0.25, 0.3) is 0 Å². The molecule has 0 amide bonds. The van der Waals surface area contributed by atoms with Gasteiger partial charge < -0.3 is 20.3 Å². The fourth-order valence-electron chi connectivity index (χ4n) is 1.76. The third kappa shape index (κ3) is 2.88. The van der Waals surface area contributed by atoms with Crippen LogP contribution in [0.2, 0.25) is 5.02 Å². The van der Waals surface area contributed by atoms with Crippen LogP contribution in [0.1, 0.15) is 25.5 Å². The number of nitrogens with two attached hydrogens (primary N) is 1. The van der Waals surface area contributed by atoms with Crippen LogP contribution in [0.15, 0.2) is 12.1 Å². The van der Waals surface area contributed by atoms with Gasteiger partial charge in [-0.25, -0.2) is 0 Å². The molecule has 1 aromatic carbocycles. The Morgan fingerprint density at radius 3 is 2.28 bits per heavy atom. The molecule has 4 nitrogen and oxygen atoms in total. The summed E-state index contributed by atoms with van der Waals surface area (Å²) in [5, 5.41) is 10.4. The van der Waals surface area contributed by atoms with E-state index in [2.05, 4.69) is 0 Å². The maximum Gasteiger partial charge on any atom is 0.179 e. The van der Waals surface area contributed by atoms with Gasteiger partial charge in [-0.05, 0) is 17.5 Å². The maximum atomic E-state index is 10.0. The van der Waals surface area contributed by atoms with Crippen LogP contribution in [0.25, 0.3) is 0 Å². The van der Waals surface area contributed by atoms with Crippen LogP contribution in [0.5, 0.6) is 11.5 Å². The van der Waals surface area contributed by atoms with E-state index in [1.54, 1.807) is 12.1 Å². The molecule has 0 aliphatic rings. The Morgan fingerprint density at radius 2 is 1.83 bits per heavy atom. The van der Waals surface area contributed by atoms with E-state index >= 15 is 0 Å². The molecule has 18 heavy (non-hydrogen) atoms. The van der Waals surface area contributed by atoms with Crippen molar-refractivity contribution in [2.75, 3.05) is 14.2 Å². The lowest BCUT2D eigenvalue weighted by molar-refractivity contribution is 0.0979. The molecule has 0 bridgehead atoms. The van der Waals surface area contributed by atoms with E-state index in [1.165, 1.54) is 14.2 Å². The monoisotopic (exact) mass is 273 g/mol. The minimum atomic E-state index is -0.666. The van der Waals surface area contributed by atoms with Gasteiger partial charge in [-0.1, -0.05) is 31.5 Å². The van der Waals surface area contributed by atoms with Crippen molar-refractivity contribution in [3.05, 3.63) is 22.7 Å². The highest BCUT2D eigenvalue weighted by atomic mass is 35.5. The molecule has 0 aliphatic carbocycles. The van der Waals surface area contributed by atoms with Crippen LogP contribution in [-0.4, -0.2) is 25.4 Å². The molecule has 0 heterocycles. The second-order valence-corrected chi connectivity index (χ2v) is 4.84. The SMILES string of the molecule is COc1ccc([C@@H](N)[C@@H](O)C(C)C)c(Cl)c1OC. The van der Waals surface area contributed by atoms with Gasteiger partial charge >= 0.3 is 0 Å². The maximum absolute atomic E-state index is 10.0. The first-order valence-electron chi connectivity index (χ1n) is 5.78. The minimum absolute atomic E-state index is 0.0455. The lowest BCUT2D eigenvalue weighted by atomic mass is 9.94. The summed E-state index contributed by atoms with van der Waals surface area (Å²) in [4.78, 5) is 0.